The molecule has 0 radical (unpaired) electrons. The number of rotatable bonds is 3. The van der Waals surface area contributed by atoms with Crippen LogP contribution < -0.4 is 0 Å². The molecule has 0 spiro atoms. The summed E-state index contributed by atoms with van der Waals surface area (Å²) in [4.78, 5) is 20.2. The molecule has 5 nitrogen and oxygen atoms in total. The van der Waals surface area contributed by atoms with Crippen LogP contribution in [0.25, 0.3) is 0 Å². The number of carboxylic acids is 1. The van der Waals surface area contributed by atoms with Gasteiger partial charge in [0.2, 0.25) is 0 Å². The Hall–Kier alpha value is -1.10. The van der Waals surface area contributed by atoms with Gasteiger partial charge in [0.05, 0.1) is 13.5 Å². The van der Waals surface area contributed by atoms with E-state index in [1.54, 1.807) is 0 Å². The molecule has 0 unspecified atom stereocenters. The summed E-state index contributed by atoms with van der Waals surface area (Å²) in [5.74, 6) is -2.17. The van der Waals surface area contributed by atoms with Gasteiger partial charge in [0.15, 0.2) is 6.10 Å². The highest BCUT2D eigenvalue weighted by molar-refractivity contribution is 5.80. The molecule has 5 heteroatoms. The molecule has 0 fully saturated rings. The van der Waals surface area contributed by atoms with Crippen LogP contribution in [-0.4, -0.2) is 35.4 Å². The molecule has 0 amide bonds. The van der Waals surface area contributed by atoms with Crippen LogP contribution in [0.15, 0.2) is 0 Å². The zero-order valence-electron chi connectivity index (χ0n) is 5.40. The topological polar surface area (TPSA) is 83.8 Å². The summed E-state index contributed by atoms with van der Waals surface area (Å²) in [6.07, 6.45) is -2.17. The number of aliphatic hydroxyl groups excluding tert-OH is 1. The molecule has 2 N–H and O–H groups in total. The molecule has 58 valence electrons. The van der Waals surface area contributed by atoms with Crippen molar-refractivity contribution >= 4 is 11.9 Å². The first kappa shape index (κ1) is 8.90. The number of hydrogen-bond donors (Lipinski definition) is 2. The standard InChI is InChI=1S/C5H8O5/c1-10-5(9)3(6)2-4(7)8/h3,6H,2H2,1H3,(H,7,8)/t3-/m1/s1. The van der Waals surface area contributed by atoms with E-state index < -0.39 is 24.5 Å². The summed E-state index contributed by atoms with van der Waals surface area (Å²) >= 11 is 0. The number of ether oxygens (including phenoxy) is 1. The maximum absolute atomic E-state index is 10.3. The minimum atomic E-state index is -1.55. The lowest BCUT2D eigenvalue weighted by Gasteiger charge is -2.03. The van der Waals surface area contributed by atoms with Gasteiger partial charge in [0.1, 0.15) is 0 Å². The second-order valence-corrected chi connectivity index (χ2v) is 1.64. The first-order chi connectivity index (χ1) is 4.57. The second-order valence-electron chi connectivity index (χ2n) is 1.64. The van der Waals surface area contributed by atoms with E-state index in [-0.39, 0.29) is 0 Å². The van der Waals surface area contributed by atoms with Gasteiger partial charge < -0.3 is 14.9 Å². The summed E-state index contributed by atoms with van der Waals surface area (Å²) in [5.41, 5.74) is 0. The van der Waals surface area contributed by atoms with Crippen molar-refractivity contribution in [1.82, 2.24) is 0 Å². The van der Waals surface area contributed by atoms with Gasteiger partial charge in [-0.3, -0.25) is 4.79 Å². The molecule has 0 aromatic carbocycles. The Balaban J connectivity index is 3.72. The van der Waals surface area contributed by atoms with E-state index >= 15 is 0 Å². The molecular formula is C5H8O5. The van der Waals surface area contributed by atoms with Crippen LogP contribution in [0, 0.1) is 0 Å². The number of carbonyl (C=O) groups is 2. The summed E-state index contributed by atoms with van der Waals surface area (Å²) < 4.78 is 4.06. The molecule has 0 saturated heterocycles. The lowest BCUT2D eigenvalue weighted by molar-refractivity contribution is -0.155. The van der Waals surface area contributed by atoms with E-state index in [9.17, 15) is 9.59 Å². The van der Waals surface area contributed by atoms with Gasteiger partial charge in [-0.05, 0) is 0 Å². The fourth-order valence-electron chi connectivity index (χ4n) is 0.385. The fraction of sp³-hybridized carbons (Fsp3) is 0.600. The van der Waals surface area contributed by atoms with Gasteiger partial charge >= 0.3 is 11.9 Å². The number of aliphatic hydroxyl groups is 1. The average Bonchev–Trinajstić information content (AvgIpc) is 1.85. The Bertz CT molecular complexity index is 141. The zero-order valence-corrected chi connectivity index (χ0v) is 5.40. The molecule has 0 aliphatic carbocycles. The Morgan fingerprint density at radius 2 is 2.10 bits per heavy atom. The van der Waals surface area contributed by atoms with E-state index in [2.05, 4.69) is 4.74 Å². The van der Waals surface area contributed by atoms with E-state index in [0.29, 0.717) is 0 Å². The fourth-order valence-corrected chi connectivity index (χ4v) is 0.385. The first-order valence-electron chi connectivity index (χ1n) is 2.55. The van der Waals surface area contributed by atoms with Crippen LogP contribution >= 0.6 is 0 Å². The van der Waals surface area contributed by atoms with Crippen LogP contribution in [0.3, 0.4) is 0 Å². The van der Waals surface area contributed by atoms with Crippen LogP contribution in [0.2, 0.25) is 0 Å². The minimum Gasteiger partial charge on any atom is -0.481 e. The summed E-state index contributed by atoms with van der Waals surface area (Å²) in [7, 11) is 1.08. The smallest absolute Gasteiger partial charge is 0.335 e. The largest absolute Gasteiger partial charge is 0.481 e. The van der Waals surface area contributed by atoms with Crippen molar-refractivity contribution in [1.29, 1.82) is 0 Å². The van der Waals surface area contributed by atoms with Crippen molar-refractivity contribution in [3.05, 3.63) is 0 Å². The van der Waals surface area contributed by atoms with E-state index in [1.165, 1.54) is 0 Å². The highest BCUT2D eigenvalue weighted by Gasteiger charge is 2.18. The van der Waals surface area contributed by atoms with E-state index in [1.807, 2.05) is 0 Å². The summed E-state index contributed by atoms with van der Waals surface area (Å²) in [5, 5.41) is 16.7. The monoisotopic (exact) mass is 148 g/mol. The maximum atomic E-state index is 10.3. The number of hydrogen-bond acceptors (Lipinski definition) is 4. The Kier molecular flexibility index (Phi) is 3.42. The van der Waals surface area contributed by atoms with Crippen molar-refractivity contribution in [3.63, 3.8) is 0 Å². The summed E-state index contributed by atoms with van der Waals surface area (Å²) in [6, 6.07) is 0. The van der Waals surface area contributed by atoms with Crippen LogP contribution in [0.1, 0.15) is 6.42 Å². The molecule has 1 atom stereocenters. The Morgan fingerprint density at radius 3 is 2.40 bits per heavy atom. The molecule has 10 heavy (non-hydrogen) atoms. The zero-order chi connectivity index (χ0) is 8.15. The van der Waals surface area contributed by atoms with Crippen molar-refractivity contribution in [2.24, 2.45) is 0 Å². The predicted molar refractivity (Wildman–Crippen MR) is 30.3 cm³/mol. The third-order valence-electron chi connectivity index (χ3n) is 0.841. The number of carboxylic acid groups (broad SMARTS) is 1. The highest BCUT2D eigenvalue weighted by atomic mass is 16.5. The van der Waals surface area contributed by atoms with Gasteiger partial charge in [-0.25, -0.2) is 4.79 Å². The van der Waals surface area contributed by atoms with E-state index in [4.69, 9.17) is 10.2 Å². The molecule has 0 aliphatic heterocycles. The molecule has 0 rings (SSSR count). The van der Waals surface area contributed by atoms with Gasteiger partial charge in [0.25, 0.3) is 0 Å². The lowest BCUT2D eigenvalue weighted by atomic mass is 10.3. The van der Waals surface area contributed by atoms with Crippen LogP contribution in [0.4, 0.5) is 0 Å². The first-order valence-corrected chi connectivity index (χ1v) is 2.55. The van der Waals surface area contributed by atoms with Gasteiger partial charge in [-0.2, -0.15) is 0 Å². The predicted octanol–water partition coefficient (Wildman–Crippen LogP) is -1.01. The highest BCUT2D eigenvalue weighted by Crippen LogP contribution is 1.92. The Morgan fingerprint density at radius 1 is 1.60 bits per heavy atom. The van der Waals surface area contributed by atoms with E-state index in [0.717, 1.165) is 7.11 Å². The third-order valence-corrected chi connectivity index (χ3v) is 0.841. The Labute approximate surface area is 57.2 Å². The third kappa shape index (κ3) is 3.03. The number of carbonyl (C=O) groups excluding carboxylic acids is 1. The molecule has 0 saturated carbocycles. The number of aliphatic carboxylic acids is 1. The quantitative estimate of drug-likeness (QED) is 0.501. The SMILES string of the molecule is COC(=O)[C@H](O)CC(=O)O. The lowest BCUT2D eigenvalue weighted by Crippen LogP contribution is -2.24. The normalized spacial score (nSPS) is 12.2. The molecule has 0 bridgehead atoms. The average molecular weight is 148 g/mol. The van der Waals surface area contributed by atoms with Crippen molar-refractivity contribution in [3.8, 4) is 0 Å². The van der Waals surface area contributed by atoms with Gasteiger partial charge in [-0.15, -0.1) is 0 Å². The molecule has 0 aliphatic rings. The molecule has 0 aromatic rings. The number of methoxy groups -OCH3 is 1. The van der Waals surface area contributed by atoms with Crippen LogP contribution in [-0.2, 0) is 14.3 Å². The molecular weight excluding hydrogens is 140 g/mol. The molecule has 0 heterocycles. The maximum Gasteiger partial charge on any atom is 0.335 e. The van der Waals surface area contributed by atoms with Crippen molar-refractivity contribution in [2.75, 3.05) is 7.11 Å². The minimum absolute atomic E-state index is 0.618. The molecule has 0 aromatic heterocycles. The summed E-state index contributed by atoms with van der Waals surface area (Å²) in [6.45, 7) is 0. The van der Waals surface area contributed by atoms with Gasteiger partial charge in [-0.1, -0.05) is 0 Å². The van der Waals surface area contributed by atoms with Crippen molar-refractivity contribution < 1.29 is 24.5 Å². The van der Waals surface area contributed by atoms with Crippen molar-refractivity contribution in [2.45, 2.75) is 12.5 Å². The number of esters is 1. The second kappa shape index (κ2) is 3.84. The van der Waals surface area contributed by atoms with Gasteiger partial charge in [0, 0.05) is 0 Å². The van der Waals surface area contributed by atoms with Crippen LogP contribution in [0.5, 0.6) is 0 Å².